The van der Waals surface area contributed by atoms with Crippen LogP contribution in [0.5, 0.6) is 11.5 Å². The van der Waals surface area contributed by atoms with Crippen LogP contribution in [0, 0.1) is 0 Å². The van der Waals surface area contributed by atoms with Gasteiger partial charge in [-0.1, -0.05) is 0 Å². The molecule has 4 nitrogen and oxygen atoms in total. The van der Waals surface area contributed by atoms with E-state index in [0.29, 0.717) is 0 Å². The average molecular weight is 183 g/mol. The average Bonchev–Trinajstić information content (AvgIpc) is 2.68. The van der Waals surface area contributed by atoms with Crippen molar-refractivity contribution in [2.45, 2.75) is 0 Å². The lowest BCUT2D eigenvalue weighted by molar-refractivity contribution is 0.194. The van der Waals surface area contributed by atoms with Gasteiger partial charge in [-0.2, -0.15) is 0 Å². The minimum Gasteiger partial charge on any atom is -0.508 e. The summed E-state index contributed by atoms with van der Waals surface area (Å²) in [5.74, 6) is 0.339. The zero-order valence-corrected chi connectivity index (χ0v) is 7.23. The smallest absolute Gasteiger partial charge is 0.115 e. The van der Waals surface area contributed by atoms with E-state index >= 15 is 0 Å². The van der Waals surface area contributed by atoms with Gasteiger partial charge in [-0.05, 0) is 24.3 Å². The Kier molecular flexibility index (Phi) is 4.08. The van der Waals surface area contributed by atoms with Crippen molar-refractivity contribution in [1.82, 2.24) is 5.32 Å². The highest BCUT2D eigenvalue weighted by molar-refractivity contribution is 5.28. The van der Waals surface area contributed by atoms with Crippen LogP contribution >= 0.6 is 0 Å². The number of phenols is 2. The fourth-order valence-electron chi connectivity index (χ4n) is 0.813. The van der Waals surface area contributed by atoms with Gasteiger partial charge < -0.3 is 14.9 Å². The van der Waals surface area contributed by atoms with Crippen molar-refractivity contribution in [3.63, 3.8) is 0 Å². The molecule has 1 aromatic carbocycles. The van der Waals surface area contributed by atoms with Gasteiger partial charge in [0.15, 0.2) is 0 Å². The van der Waals surface area contributed by atoms with Gasteiger partial charge in [0.25, 0.3) is 0 Å². The molecule has 0 aliphatic carbocycles. The molecule has 0 aromatic heterocycles. The molecular formula is C9H13NO3. The van der Waals surface area contributed by atoms with E-state index in [1.54, 1.807) is 0 Å². The Morgan fingerprint density at radius 2 is 1.62 bits per heavy atom. The first-order chi connectivity index (χ1) is 6.29. The van der Waals surface area contributed by atoms with E-state index < -0.39 is 0 Å². The Labute approximate surface area is 76.8 Å². The monoisotopic (exact) mass is 183 g/mol. The maximum atomic E-state index is 8.65. The Morgan fingerprint density at radius 3 is 1.85 bits per heavy atom. The van der Waals surface area contributed by atoms with E-state index in [4.69, 9.17) is 14.9 Å². The third-order valence-corrected chi connectivity index (χ3v) is 1.48. The highest BCUT2D eigenvalue weighted by atomic mass is 16.5. The summed E-state index contributed by atoms with van der Waals surface area (Å²) in [5, 5.41) is 20.3. The van der Waals surface area contributed by atoms with E-state index in [2.05, 4.69) is 5.32 Å². The van der Waals surface area contributed by atoms with Crippen LogP contribution in [0.2, 0.25) is 0 Å². The number of rotatable bonds is 0. The maximum Gasteiger partial charge on any atom is 0.115 e. The zero-order chi connectivity index (χ0) is 9.52. The van der Waals surface area contributed by atoms with Gasteiger partial charge in [-0.25, -0.2) is 0 Å². The topological polar surface area (TPSA) is 61.7 Å². The molecule has 0 bridgehead atoms. The molecule has 1 fully saturated rings. The fraction of sp³-hybridized carbons (Fsp3) is 0.333. The molecule has 1 saturated heterocycles. The van der Waals surface area contributed by atoms with Crippen LogP contribution in [-0.2, 0) is 4.74 Å². The summed E-state index contributed by atoms with van der Waals surface area (Å²) in [6.07, 6.45) is 0. The molecule has 4 heteroatoms. The van der Waals surface area contributed by atoms with Crippen LogP contribution in [0.4, 0.5) is 0 Å². The first-order valence-corrected chi connectivity index (χ1v) is 4.05. The molecule has 0 atom stereocenters. The number of nitrogens with one attached hydrogen (secondary N) is 1. The molecule has 1 aromatic rings. The molecule has 0 radical (unpaired) electrons. The van der Waals surface area contributed by atoms with Crippen molar-refractivity contribution in [2.75, 3.05) is 19.9 Å². The molecule has 0 amide bonds. The minimum atomic E-state index is 0.169. The van der Waals surface area contributed by atoms with E-state index in [9.17, 15) is 0 Å². The molecule has 0 saturated carbocycles. The van der Waals surface area contributed by atoms with Crippen molar-refractivity contribution >= 4 is 0 Å². The van der Waals surface area contributed by atoms with Crippen molar-refractivity contribution in [1.29, 1.82) is 0 Å². The number of aromatic hydroxyl groups is 2. The summed E-state index contributed by atoms with van der Waals surface area (Å²) in [7, 11) is 0. The fourth-order valence-corrected chi connectivity index (χ4v) is 0.813. The van der Waals surface area contributed by atoms with Crippen LogP contribution in [0.25, 0.3) is 0 Å². The predicted molar refractivity (Wildman–Crippen MR) is 48.6 cm³/mol. The summed E-state index contributed by atoms with van der Waals surface area (Å²) in [6, 6.07) is 5.70. The number of hydrogen-bond donors (Lipinski definition) is 3. The van der Waals surface area contributed by atoms with Crippen molar-refractivity contribution in [3.8, 4) is 11.5 Å². The van der Waals surface area contributed by atoms with Crippen LogP contribution < -0.4 is 5.32 Å². The first-order valence-electron chi connectivity index (χ1n) is 4.05. The molecule has 2 rings (SSSR count). The summed E-state index contributed by atoms with van der Waals surface area (Å²) >= 11 is 0. The lowest BCUT2D eigenvalue weighted by Gasteiger charge is -1.88. The standard InChI is InChI=1S/C6H6O2.C3H7NO/c7-5-1-2-6(8)4-3-5;1-2-5-3-4-1/h1-4,7-8H;4H,1-3H2. The second-order valence-corrected chi connectivity index (χ2v) is 2.57. The number of ether oxygens (including phenoxy) is 1. The number of hydrogen-bond acceptors (Lipinski definition) is 4. The molecule has 0 unspecified atom stereocenters. The van der Waals surface area contributed by atoms with Crippen LogP contribution in [0.1, 0.15) is 0 Å². The van der Waals surface area contributed by atoms with Gasteiger partial charge in [0, 0.05) is 6.54 Å². The first kappa shape index (κ1) is 9.83. The lowest BCUT2D eigenvalue weighted by atomic mass is 10.3. The highest BCUT2D eigenvalue weighted by Gasteiger charge is 1.92. The molecular weight excluding hydrogens is 170 g/mol. The molecule has 0 spiro atoms. The second-order valence-electron chi connectivity index (χ2n) is 2.57. The van der Waals surface area contributed by atoms with Crippen molar-refractivity contribution in [3.05, 3.63) is 24.3 Å². The molecule has 72 valence electrons. The molecule has 13 heavy (non-hydrogen) atoms. The van der Waals surface area contributed by atoms with Gasteiger partial charge >= 0.3 is 0 Å². The molecule has 3 N–H and O–H groups in total. The normalized spacial score (nSPS) is 14.8. The van der Waals surface area contributed by atoms with E-state index in [0.717, 1.165) is 19.9 Å². The molecule has 1 aliphatic rings. The van der Waals surface area contributed by atoms with Gasteiger partial charge in [0.2, 0.25) is 0 Å². The summed E-state index contributed by atoms with van der Waals surface area (Å²) in [4.78, 5) is 0. The Morgan fingerprint density at radius 1 is 1.08 bits per heavy atom. The zero-order valence-electron chi connectivity index (χ0n) is 7.23. The Hall–Kier alpha value is -1.26. The Bertz CT molecular complexity index is 203. The molecule has 1 aliphatic heterocycles. The van der Waals surface area contributed by atoms with Crippen LogP contribution in [0.15, 0.2) is 24.3 Å². The maximum absolute atomic E-state index is 8.65. The quantitative estimate of drug-likeness (QED) is 0.517. The van der Waals surface area contributed by atoms with Gasteiger partial charge in [-0.15, -0.1) is 0 Å². The number of phenolic OH excluding ortho intramolecular Hbond substituents is 2. The largest absolute Gasteiger partial charge is 0.508 e. The lowest BCUT2D eigenvalue weighted by Crippen LogP contribution is -2.05. The van der Waals surface area contributed by atoms with E-state index in [1.165, 1.54) is 24.3 Å². The summed E-state index contributed by atoms with van der Waals surface area (Å²) in [6.45, 7) is 2.67. The predicted octanol–water partition coefficient (Wildman–Crippen LogP) is 0.661. The van der Waals surface area contributed by atoms with Gasteiger partial charge in [-0.3, -0.25) is 5.32 Å². The minimum absolute atomic E-state index is 0.169. The SMILES string of the molecule is C1COCN1.Oc1ccc(O)cc1. The van der Waals surface area contributed by atoms with Crippen molar-refractivity contribution in [2.24, 2.45) is 0 Å². The van der Waals surface area contributed by atoms with E-state index in [-0.39, 0.29) is 11.5 Å². The van der Waals surface area contributed by atoms with Gasteiger partial charge in [0.05, 0.1) is 13.3 Å². The van der Waals surface area contributed by atoms with Crippen molar-refractivity contribution < 1.29 is 14.9 Å². The second kappa shape index (κ2) is 5.40. The summed E-state index contributed by atoms with van der Waals surface area (Å²) in [5.41, 5.74) is 0. The van der Waals surface area contributed by atoms with Gasteiger partial charge in [0.1, 0.15) is 11.5 Å². The third-order valence-electron chi connectivity index (χ3n) is 1.48. The number of benzene rings is 1. The van der Waals surface area contributed by atoms with Crippen LogP contribution in [0.3, 0.4) is 0 Å². The van der Waals surface area contributed by atoms with Crippen LogP contribution in [-0.4, -0.2) is 30.1 Å². The Balaban J connectivity index is 0.000000145. The summed E-state index contributed by atoms with van der Waals surface area (Å²) < 4.78 is 4.83. The van der Waals surface area contributed by atoms with E-state index in [1.807, 2.05) is 0 Å². The third kappa shape index (κ3) is 4.35. The highest BCUT2D eigenvalue weighted by Crippen LogP contribution is 2.13. The molecule has 1 heterocycles.